The Kier molecular flexibility index (Phi) is 10.1. The van der Waals surface area contributed by atoms with Gasteiger partial charge in [0.05, 0.1) is 0 Å². The standard InChI is InChI=1S/C19H32N/c1-2-3-4-5-6-7-8-9-10-11-12-15-18-16-13-14-17-19(18)20/h13-17H,2-12,20H2,1H3. The first-order valence-electron chi connectivity index (χ1n) is 8.52. The minimum absolute atomic E-state index is 0.902. The van der Waals surface area contributed by atoms with Crippen molar-refractivity contribution in [3.8, 4) is 0 Å². The van der Waals surface area contributed by atoms with Gasteiger partial charge in [-0.15, -0.1) is 0 Å². The largest absolute Gasteiger partial charge is 0.398 e. The molecule has 20 heavy (non-hydrogen) atoms. The van der Waals surface area contributed by atoms with Crippen molar-refractivity contribution in [2.45, 2.75) is 77.6 Å². The number of anilines is 1. The van der Waals surface area contributed by atoms with Gasteiger partial charge in [-0.05, 0) is 24.5 Å². The van der Waals surface area contributed by atoms with Crippen LogP contribution in [0.2, 0.25) is 0 Å². The zero-order chi connectivity index (χ0) is 14.5. The van der Waals surface area contributed by atoms with E-state index in [2.05, 4.69) is 25.5 Å². The monoisotopic (exact) mass is 274 g/mol. The fraction of sp³-hybridized carbons (Fsp3) is 0.632. The van der Waals surface area contributed by atoms with Crippen LogP contribution in [0.4, 0.5) is 5.69 Å². The predicted octanol–water partition coefficient (Wildman–Crippen LogP) is 6.13. The fourth-order valence-electron chi connectivity index (χ4n) is 2.59. The van der Waals surface area contributed by atoms with E-state index in [1.54, 1.807) is 0 Å². The maximum Gasteiger partial charge on any atom is 0.0349 e. The first-order valence-corrected chi connectivity index (χ1v) is 8.52. The van der Waals surface area contributed by atoms with E-state index >= 15 is 0 Å². The predicted molar refractivity (Wildman–Crippen MR) is 90.7 cm³/mol. The first-order chi connectivity index (χ1) is 9.84. The quantitative estimate of drug-likeness (QED) is 0.360. The lowest BCUT2D eigenvalue weighted by Crippen LogP contribution is -1.92. The summed E-state index contributed by atoms with van der Waals surface area (Å²) in [7, 11) is 0. The summed E-state index contributed by atoms with van der Waals surface area (Å²) >= 11 is 0. The average Bonchev–Trinajstić information content (AvgIpc) is 2.46. The molecule has 0 aliphatic rings. The lowest BCUT2D eigenvalue weighted by molar-refractivity contribution is 0.556. The number of benzene rings is 1. The summed E-state index contributed by atoms with van der Waals surface area (Å²) in [5.41, 5.74) is 8.02. The van der Waals surface area contributed by atoms with Crippen LogP contribution >= 0.6 is 0 Å². The molecular weight excluding hydrogens is 242 g/mol. The van der Waals surface area contributed by atoms with Crippen LogP contribution in [0.5, 0.6) is 0 Å². The van der Waals surface area contributed by atoms with Gasteiger partial charge in [0.25, 0.3) is 0 Å². The smallest absolute Gasteiger partial charge is 0.0349 e. The summed E-state index contributed by atoms with van der Waals surface area (Å²) in [5.74, 6) is 0. The third-order valence-electron chi connectivity index (χ3n) is 3.92. The summed E-state index contributed by atoms with van der Waals surface area (Å²) in [6, 6.07) is 8.13. The van der Waals surface area contributed by atoms with Crippen molar-refractivity contribution in [1.82, 2.24) is 0 Å². The zero-order valence-corrected chi connectivity index (χ0v) is 13.2. The van der Waals surface area contributed by atoms with Gasteiger partial charge in [0.1, 0.15) is 0 Å². The van der Waals surface area contributed by atoms with Gasteiger partial charge in [0, 0.05) is 5.69 Å². The first kappa shape index (κ1) is 17.1. The molecular formula is C19H32N. The topological polar surface area (TPSA) is 26.0 Å². The number of nitrogens with two attached hydrogens (primary N) is 1. The highest BCUT2D eigenvalue weighted by Crippen LogP contribution is 2.17. The Morgan fingerprint density at radius 1 is 0.800 bits per heavy atom. The van der Waals surface area contributed by atoms with E-state index in [9.17, 15) is 0 Å². The number of nitrogen functional groups attached to an aromatic ring is 1. The van der Waals surface area contributed by atoms with E-state index in [0.717, 1.165) is 12.1 Å². The maximum atomic E-state index is 5.92. The van der Waals surface area contributed by atoms with Crippen LogP contribution in [0, 0.1) is 6.42 Å². The molecule has 0 bridgehead atoms. The number of unbranched alkanes of at least 4 members (excludes halogenated alkanes) is 10. The van der Waals surface area contributed by atoms with Gasteiger partial charge in [0.15, 0.2) is 0 Å². The molecule has 0 unspecified atom stereocenters. The van der Waals surface area contributed by atoms with Crippen LogP contribution in [-0.2, 0) is 0 Å². The van der Waals surface area contributed by atoms with E-state index < -0.39 is 0 Å². The van der Waals surface area contributed by atoms with E-state index in [-0.39, 0.29) is 0 Å². The Morgan fingerprint density at radius 3 is 1.95 bits per heavy atom. The molecule has 0 fully saturated rings. The third kappa shape index (κ3) is 8.24. The van der Waals surface area contributed by atoms with Gasteiger partial charge in [-0.3, -0.25) is 0 Å². The highest BCUT2D eigenvalue weighted by Gasteiger charge is 1.98. The van der Waals surface area contributed by atoms with Crippen molar-refractivity contribution in [2.24, 2.45) is 0 Å². The highest BCUT2D eigenvalue weighted by atomic mass is 14.6. The van der Waals surface area contributed by atoms with Gasteiger partial charge in [-0.25, -0.2) is 0 Å². The number of rotatable bonds is 12. The molecule has 2 N–H and O–H groups in total. The van der Waals surface area contributed by atoms with Gasteiger partial charge >= 0.3 is 0 Å². The molecule has 0 heterocycles. The van der Waals surface area contributed by atoms with Crippen molar-refractivity contribution in [3.63, 3.8) is 0 Å². The van der Waals surface area contributed by atoms with Crippen LogP contribution < -0.4 is 5.73 Å². The number of para-hydroxylation sites is 1. The third-order valence-corrected chi connectivity index (χ3v) is 3.92. The molecule has 0 saturated carbocycles. The molecule has 0 atom stereocenters. The van der Waals surface area contributed by atoms with Gasteiger partial charge in [0.2, 0.25) is 0 Å². The molecule has 1 radical (unpaired) electrons. The summed E-state index contributed by atoms with van der Waals surface area (Å²) in [5, 5.41) is 0. The second-order valence-electron chi connectivity index (χ2n) is 5.80. The second-order valence-corrected chi connectivity index (χ2v) is 5.80. The van der Waals surface area contributed by atoms with Crippen LogP contribution in [0.3, 0.4) is 0 Å². The molecule has 113 valence electrons. The maximum absolute atomic E-state index is 5.92. The Hall–Kier alpha value is -0.980. The number of hydrogen-bond donors (Lipinski definition) is 1. The SMILES string of the molecule is CCCCCCCCCCCC[CH]c1ccccc1N. The van der Waals surface area contributed by atoms with Crippen LogP contribution in [-0.4, -0.2) is 0 Å². The molecule has 0 spiro atoms. The Labute approximate surface area is 126 Å². The van der Waals surface area contributed by atoms with E-state index in [1.165, 1.54) is 69.8 Å². The van der Waals surface area contributed by atoms with Crippen molar-refractivity contribution >= 4 is 5.69 Å². The molecule has 1 heteroatoms. The van der Waals surface area contributed by atoms with Crippen LogP contribution in [0.15, 0.2) is 24.3 Å². The van der Waals surface area contributed by atoms with Crippen molar-refractivity contribution < 1.29 is 0 Å². The molecule has 1 rings (SSSR count). The molecule has 1 nitrogen and oxygen atoms in total. The van der Waals surface area contributed by atoms with Gasteiger partial charge in [-0.2, -0.15) is 0 Å². The van der Waals surface area contributed by atoms with E-state index in [1.807, 2.05) is 12.1 Å². The Morgan fingerprint density at radius 2 is 1.35 bits per heavy atom. The Balaban J connectivity index is 1.87. The van der Waals surface area contributed by atoms with Crippen molar-refractivity contribution in [2.75, 3.05) is 5.73 Å². The van der Waals surface area contributed by atoms with Gasteiger partial charge in [-0.1, -0.05) is 89.3 Å². The molecule has 0 aliphatic carbocycles. The minimum Gasteiger partial charge on any atom is -0.398 e. The lowest BCUT2D eigenvalue weighted by atomic mass is 10.0. The van der Waals surface area contributed by atoms with Crippen molar-refractivity contribution in [3.05, 3.63) is 36.2 Å². The summed E-state index contributed by atoms with van der Waals surface area (Å²) in [6.07, 6.45) is 17.4. The molecule has 0 saturated heterocycles. The van der Waals surface area contributed by atoms with E-state index in [0.29, 0.717) is 0 Å². The summed E-state index contributed by atoms with van der Waals surface area (Å²) in [4.78, 5) is 0. The molecule has 0 aromatic heterocycles. The lowest BCUT2D eigenvalue weighted by Gasteiger charge is -2.05. The van der Waals surface area contributed by atoms with Crippen LogP contribution in [0.25, 0.3) is 0 Å². The molecule has 0 aliphatic heterocycles. The fourth-order valence-corrected chi connectivity index (χ4v) is 2.59. The second kappa shape index (κ2) is 11.8. The zero-order valence-electron chi connectivity index (χ0n) is 13.2. The molecule has 1 aromatic rings. The van der Waals surface area contributed by atoms with Crippen LogP contribution in [0.1, 0.15) is 83.1 Å². The normalized spacial score (nSPS) is 10.8. The minimum atomic E-state index is 0.902. The number of hydrogen-bond acceptors (Lipinski definition) is 1. The van der Waals surface area contributed by atoms with Gasteiger partial charge < -0.3 is 5.73 Å². The summed E-state index contributed by atoms with van der Waals surface area (Å²) < 4.78 is 0. The molecule has 1 aromatic carbocycles. The highest BCUT2D eigenvalue weighted by molar-refractivity contribution is 5.49. The molecule has 0 amide bonds. The Bertz CT molecular complexity index is 332. The van der Waals surface area contributed by atoms with Crippen molar-refractivity contribution in [1.29, 1.82) is 0 Å². The average molecular weight is 274 g/mol. The van der Waals surface area contributed by atoms with E-state index in [4.69, 9.17) is 5.73 Å². The summed E-state index contributed by atoms with van der Waals surface area (Å²) in [6.45, 7) is 2.28.